The largest absolute Gasteiger partial charge is 0.439 e. The van der Waals surface area contributed by atoms with Crippen LogP contribution in [0.25, 0.3) is 11.3 Å². The number of aliphatic imine (C=N–C) groups is 1. The Bertz CT molecular complexity index is 842. The Hall–Kier alpha value is -2.35. The molecule has 0 amide bonds. The molecule has 7 nitrogen and oxygen atoms in total. The quantitative estimate of drug-likeness (QED) is 0.566. The van der Waals surface area contributed by atoms with E-state index in [2.05, 4.69) is 20.6 Å². The molecule has 0 aliphatic heterocycles. The lowest BCUT2D eigenvalue weighted by Crippen LogP contribution is -2.42. The summed E-state index contributed by atoms with van der Waals surface area (Å²) in [7, 11) is -1.31. The van der Waals surface area contributed by atoms with E-state index in [-0.39, 0.29) is 11.8 Å². The lowest BCUT2D eigenvalue weighted by atomic mass is 10.1. The van der Waals surface area contributed by atoms with Crippen molar-refractivity contribution in [3.05, 3.63) is 41.9 Å². The summed E-state index contributed by atoms with van der Waals surface area (Å²) in [4.78, 5) is 8.42. The number of nitrogens with zero attached hydrogens (tertiary/aromatic N) is 2. The van der Waals surface area contributed by atoms with Crippen LogP contribution < -0.4 is 10.6 Å². The van der Waals surface area contributed by atoms with E-state index in [0.29, 0.717) is 30.6 Å². The minimum absolute atomic E-state index is 0.0244. The molecule has 0 saturated heterocycles. The number of hydrogen-bond donors (Lipinski definition) is 2. The molecule has 8 heteroatoms. The van der Waals surface area contributed by atoms with E-state index >= 15 is 0 Å². The molecular formula is C18H26N4O3S. The van der Waals surface area contributed by atoms with Gasteiger partial charge in [-0.25, -0.2) is 13.4 Å². The van der Waals surface area contributed by atoms with Crippen LogP contribution in [0.4, 0.5) is 0 Å². The fourth-order valence-electron chi connectivity index (χ4n) is 2.29. The molecule has 0 spiro atoms. The number of rotatable bonds is 7. The monoisotopic (exact) mass is 378 g/mol. The van der Waals surface area contributed by atoms with Gasteiger partial charge in [-0.1, -0.05) is 29.8 Å². The highest BCUT2D eigenvalue weighted by molar-refractivity contribution is 7.90. The first kappa shape index (κ1) is 20.0. The highest BCUT2D eigenvalue weighted by atomic mass is 32.2. The van der Waals surface area contributed by atoms with Gasteiger partial charge in [-0.05, 0) is 20.3 Å². The zero-order valence-corrected chi connectivity index (χ0v) is 16.4. The van der Waals surface area contributed by atoms with Gasteiger partial charge in [0.1, 0.15) is 9.84 Å². The predicted molar refractivity (Wildman–Crippen MR) is 104 cm³/mol. The average Bonchev–Trinajstić information content (AvgIpc) is 3.05. The summed E-state index contributed by atoms with van der Waals surface area (Å²) in [5.41, 5.74) is 2.17. The predicted octanol–water partition coefficient (Wildman–Crippen LogP) is 2.14. The molecule has 1 aromatic heterocycles. The molecule has 0 bridgehead atoms. The number of hydrogen-bond acceptors (Lipinski definition) is 5. The van der Waals surface area contributed by atoms with Gasteiger partial charge in [-0.2, -0.15) is 0 Å². The second-order valence-electron chi connectivity index (χ2n) is 6.37. The van der Waals surface area contributed by atoms with Crippen molar-refractivity contribution in [1.29, 1.82) is 0 Å². The van der Waals surface area contributed by atoms with E-state index in [1.54, 1.807) is 13.2 Å². The number of benzene rings is 1. The molecule has 0 radical (unpaired) electrons. The van der Waals surface area contributed by atoms with E-state index in [0.717, 1.165) is 5.56 Å². The SMILES string of the molecule is CN=C(NCc1ncc(-c2ccc(C)cc2)o1)NC(C)CCS(C)(=O)=O. The van der Waals surface area contributed by atoms with Gasteiger partial charge in [0.15, 0.2) is 11.7 Å². The summed E-state index contributed by atoms with van der Waals surface area (Å²) in [6, 6.07) is 8.02. The van der Waals surface area contributed by atoms with Crippen LogP contribution in [0.3, 0.4) is 0 Å². The normalized spacial score (nSPS) is 13.5. The van der Waals surface area contributed by atoms with Crippen molar-refractivity contribution in [3.63, 3.8) is 0 Å². The van der Waals surface area contributed by atoms with E-state index in [9.17, 15) is 8.42 Å². The van der Waals surface area contributed by atoms with Crippen LogP contribution >= 0.6 is 0 Å². The van der Waals surface area contributed by atoms with E-state index in [1.165, 1.54) is 11.8 Å². The highest BCUT2D eigenvalue weighted by Crippen LogP contribution is 2.20. The van der Waals surface area contributed by atoms with Gasteiger partial charge in [-0.15, -0.1) is 0 Å². The van der Waals surface area contributed by atoms with Gasteiger partial charge in [0, 0.05) is 24.9 Å². The lowest BCUT2D eigenvalue weighted by Gasteiger charge is -2.16. The van der Waals surface area contributed by atoms with Crippen molar-refractivity contribution in [2.45, 2.75) is 32.9 Å². The number of guanidine groups is 1. The Morgan fingerprint density at radius 2 is 2.00 bits per heavy atom. The van der Waals surface area contributed by atoms with Crippen molar-refractivity contribution in [2.75, 3.05) is 19.1 Å². The molecule has 2 rings (SSSR count). The zero-order chi connectivity index (χ0) is 19.2. The molecule has 0 fully saturated rings. The van der Waals surface area contributed by atoms with Crippen LogP contribution in [0.1, 0.15) is 24.8 Å². The van der Waals surface area contributed by atoms with Crippen LogP contribution in [0.15, 0.2) is 39.9 Å². The third-order valence-electron chi connectivity index (χ3n) is 3.83. The van der Waals surface area contributed by atoms with E-state index in [1.807, 2.05) is 38.1 Å². The number of aromatic nitrogens is 1. The standard InChI is InChI=1S/C18H26N4O3S/c1-13-5-7-15(8-6-13)16-11-20-17(25-16)12-21-18(19-3)22-14(2)9-10-26(4,23)24/h5-8,11,14H,9-10,12H2,1-4H3,(H2,19,21,22). The Morgan fingerprint density at radius 1 is 1.31 bits per heavy atom. The third-order valence-corrected chi connectivity index (χ3v) is 4.80. The molecule has 26 heavy (non-hydrogen) atoms. The molecule has 2 aromatic rings. The molecule has 1 unspecified atom stereocenters. The van der Waals surface area contributed by atoms with E-state index < -0.39 is 9.84 Å². The number of aryl methyl sites for hydroxylation is 1. The topological polar surface area (TPSA) is 96.6 Å². The molecule has 1 atom stereocenters. The van der Waals surface area contributed by atoms with Gasteiger partial charge >= 0.3 is 0 Å². The van der Waals surface area contributed by atoms with Crippen molar-refractivity contribution in [2.24, 2.45) is 4.99 Å². The molecule has 0 aliphatic rings. The minimum atomic E-state index is -2.97. The van der Waals surface area contributed by atoms with Crippen LogP contribution in [-0.2, 0) is 16.4 Å². The average molecular weight is 378 g/mol. The lowest BCUT2D eigenvalue weighted by molar-refractivity contribution is 0.495. The third kappa shape index (κ3) is 6.51. The van der Waals surface area contributed by atoms with Crippen LogP contribution in [0.5, 0.6) is 0 Å². The maximum atomic E-state index is 11.2. The Kier molecular flexibility index (Phi) is 6.79. The second kappa shape index (κ2) is 8.84. The number of oxazole rings is 1. The summed E-state index contributed by atoms with van der Waals surface area (Å²) >= 11 is 0. The van der Waals surface area contributed by atoms with Crippen LogP contribution in [0, 0.1) is 6.92 Å². The molecule has 1 heterocycles. The zero-order valence-electron chi connectivity index (χ0n) is 15.6. The van der Waals surface area contributed by atoms with Crippen molar-refractivity contribution >= 4 is 15.8 Å². The molecular weight excluding hydrogens is 352 g/mol. The first-order chi connectivity index (χ1) is 12.3. The fraction of sp³-hybridized carbons (Fsp3) is 0.444. The first-order valence-electron chi connectivity index (χ1n) is 8.43. The smallest absolute Gasteiger partial charge is 0.214 e. The van der Waals surface area contributed by atoms with Crippen LogP contribution in [0.2, 0.25) is 0 Å². The highest BCUT2D eigenvalue weighted by Gasteiger charge is 2.11. The Morgan fingerprint density at radius 3 is 2.62 bits per heavy atom. The van der Waals surface area contributed by atoms with Crippen molar-refractivity contribution < 1.29 is 12.8 Å². The fourth-order valence-corrected chi connectivity index (χ4v) is 3.08. The summed E-state index contributed by atoms with van der Waals surface area (Å²) in [5, 5.41) is 6.28. The summed E-state index contributed by atoms with van der Waals surface area (Å²) in [5.74, 6) is 1.97. The van der Waals surface area contributed by atoms with Gasteiger partial charge < -0.3 is 15.1 Å². The minimum Gasteiger partial charge on any atom is -0.439 e. The molecule has 142 valence electrons. The van der Waals surface area contributed by atoms with Gasteiger partial charge in [0.2, 0.25) is 5.89 Å². The van der Waals surface area contributed by atoms with Gasteiger partial charge in [-0.3, -0.25) is 4.99 Å². The van der Waals surface area contributed by atoms with Crippen molar-refractivity contribution in [1.82, 2.24) is 15.6 Å². The summed E-state index contributed by atoms with van der Waals surface area (Å²) in [6.45, 7) is 4.33. The first-order valence-corrected chi connectivity index (χ1v) is 10.5. The maximum Gasteiger partial charge on any atom is 0.214 e. The molecule has 2 N–H and O–H groups in total. The second-order valence-corrected chi connectivity index (χ2v) is 8.63. The maximum absolute atomic E-state index is 11.2. The van der Waals surface area contributed by atoms with Gasteiger partial charge in [0.25, 0.3) is 0 Å². The summed E-state index contributed by atoms with van der Waals surface area (Å²) in [6.07, 6.45) is 3.45. The number of nitrogens with one attached hydrogen (secondary N) is 2. The van der Waals surface area contributed by atoms with Gasteiger partial charge in [0.05, 0.1) is 18.5 Å². The molecule has 1 aromatic carbocycles. The van der Waals surface area contributed by atoms with Crippen molar-refractivity contribution in [3.8, 4) is 11.3 Å². The van der Waals surface area contributed by atoms with E-state index in [4.69, 9.17) is 4.42 Å². The van der Waals surface area contributed by atoms with Crippen LogP contribution in [-0.4, -0.2) is 44.5 Å². The Balaban J connectivity index is 1.88. The molecule has 0 saturated carbocycles. The Labute approximate surface area is 154 Å². The number of sulfone groups is 1. The molecule has 0 aliphatic carbocycles. The summed E-state index contributed by atoms with van der Waals surface area (Å²) < 4.78 is 28.3.